The number of benzene rings is 1. The van der Waals surface area contributed by atoms with Crippen molar-refractivity contribution in [3.8, 4) is 17.2 Å². The molecular weight excluding hydrogens is 274 g/mol. The molecule has 0 radical (unpaired) electrons. The third-order valence-electron chi connectivity index (χ3n) is 3.45. The second-order valence-electron chi connectivity index (χ2n) is 4.74. The molecule has 1 heterocycles. The fraction of sp³-hybridized carbons (Fsp3) is 0.533. The Morgan fingerprint density at radius 1 is 1.33 bits per heavy atom. The highest BCUT2D eigenvalue weighted by Gasteiger charge is 2.23. The van der Waals surface area contributed by atoms with E-state index >= 15 is 0 Å². The monoisotopic (exact) mass is 295 g/mol. The molecule has 0 bridgehead atoms. The lowest BCUT2D eigenvalue weighted by Crippen LogP contribution is -2.40. The smallest absolute Gasteiger partial charge is 0.263 e. The van der Waals surface area contributed by atoms with Crippen LogP contribution in [0.1, 0.15) is 26.3 Å². The van der Waals surface area contributed by atoms with Crippen LogP contribution in [0.15, 0.2) is 12.1 Å². The quantitative estimate of drug-likeness (QED) is 0.862. The Bertz CT molecular complexity index is 513. The van der Waals surface area contributed by atoms with Gasteiger partial charge in [-0.25, -0.2) is 0 Å². The number of amides is 1. The predicted octanol–water partition coefficient (Wildman–Crippen LogP) is 1.54. The van der Waals surface area contributed by atoms with Crippen LogP contribution in [0.25, 0.3) is 0 Å². The molecule has 0 fully saturated rings. The third-order valence-corrected chi connectivity index (χ3v) is 3.45. The van der Waals surface area contributed by atoms with Crippen LogP contribution in [0.5, 0.6) is 17.2 Å². The van der Waals surface area contributed by atoms with Crippen molar-refractivity contribution >= 4 is 5.91 Å². The van der Waals surface area contributed by atoms with Gasteiger partial charge < -0.3 is 24.2 Å². The summed E-state index contributed by atoms with van der Waals surface area (Å²) < 4.78 is 16.3. The first kappa shape index (κ1) is 15.4. The highest BCUT2D eigenvalue weighted by Crippen LogP contribution is 2.38. The zero-order valence-corrected chi connectivity index (χ0v) is 12.6. The molecule has 1 amide bonds. The van der Waals surface area contributed by atoms with E-state index in [2.05, 4.69) is 0 Å². The van der Waals surface area contributed by atoms with Gasteiger partial charge in [-0.2, -0.15) is 0 Å². The molecule has 1 N–H and O–H groups in total. The van der Waals surface area contributed by atoms with E-state index in [4.69, 9.17) is 14.2 Å². The first-order valence-corrected chi connectivity index (χ1v) is 7.09. The van der Waals surface area contributed by atoms with Gasteiger partial charge in [-0.15, -0.1) is 0 Å². The van der Waals surface area contributed by atoms with E-state index in [1.807, 2.05) is 13.8 Å². The number of ether oxygens (including phenoxy) is 3. The molecule has 6 heteroatoms. The molecule has 1 atom stereocenters. The summed E-state index contributed by atoms with van der Waals surface area (Å²) in [5.74, 6) is 1.50. The summed E-state index contributed by atoms with van der Waals surface area (Å²) in [6.45, 7) is 6.78. The normalized spacial score (nSPS) is 13.9. The number of carbonyl (C=O) groups excluding carboxylic acids is 1. The number of aliphatic hydroxyl groups is 1. The summed E-state index contributed by atoms with van der Waals surface area (Å²) in [5.41, 5.74) is 0.568. The lowest BCUT2D eigenvalue weighted by molar-refractivity contribution is -0.137. The molecule has 0 aliphatic carbocycles. The minimum absolute atomic E-state index is 0.0819. The highest BCUT2D eigenvalue weighted by molar-refractivity contribution is 5.81. The van der Waals surface area contributed by atoms with Gasteiger partial charge in [0.25, 0.3) is 5.91 Å². The van der Waals surface area contributed by atoms with Gasteiger partial charge in [0.15, 0.2) is 17.6 Å². The summed E-state index contributed by atoms with van der Waals surface area (Å²) in [5, 5.41) is 9.43. The third kappa shape index (κ3) is 3.21. The molecule has 1 aliphatic rings. The van der Waals surface area contributed by atoms with Gasteiger partial charge in [-0.3, -0.25) is 4.79 Å². The predicted molar refractivity (Wildman–Crippen MR) is 76.5 cm³/mol. The fourth-order valence-corrected chi connectivity index (χ4v) is 2.23. The van der Waals surface area contributed by atoms with Crippen molar-refractivity contribution in [2.24, 2.45) is 0 Å². The molecule has 21 heavy (non-hydrogen) atoms. The van der Waals surface area contributed by atoms with Gasteiger partial charge in [-0.1, -0.05) is 0 Å². The number of hydrogen-bond acceptors (Lipinski definition) is 5. The van der Waals surface area contributed by atoms with Crippen molar-refractivity contribution in [2.45, 2.75) is 33.5 Å². The molecule has 0 spiro atoms. The summed E-state index contributed by atoms with van der Waals surface area (Å²) in [4.78, 5) is 13.9. The van der Waals surface area contributed by atoms with Gasteiger partial charge >= 0.3 is 0 Å². The van der Waals surface area contributed by atoms with E-state index in [9.17, 15) is 9.90 Å². The Labute approximate surface area is 124 Å². The summed E-state index contributed by atoms with van der Waals surface area (Å²) >= 11 is 0. The molecule has 1 aromatic carbocycles. The van der Waals surface area contributed by atoms with Crippen LogP contribution in [-0.4, -0.2) is 41.9 Å². The number of hydrogen-bond donors (Lipinski definition) is 1. The van der Waals surface area contributed by atoms with Crippen LogP contribution >= 0.6 is 0 Å². The molecule has 1 aromatic rings. The fourth-order valence-electron chi connectivity index (χ4n) is 2.23. The van der Waals surface area contributed by atoms with Crippen molar-refractivity contribution in [1.82, 2.24) is 4.90 Å². The standard InChI is InChI=1S/C15H21NO5/c1-4-16(5-2)15(18)10(3)21-12-7-14-13(19-9-20-14)6-11(12)8-17/h6-7,10,17H,4-5,8-9H2,1-3H3. The second kappa shape index (κ2) is 6.67. The van der Waals surface area contributed by atoms with Crippen LogP contribution in [0, 0.1) is 0 Å². The van der Waals surface area contributed by atoms with Crippen LogP contribution in [-0.2, 0) is 11.4 Å². The van der Waals surface area contributed by atoms with Crippen molar-refractivity contribution in [3.63, 3.8) is 0 Å². The molecule has 1 aliphatic heterocycles. The lowest BCUT2D eigenvalue weighted by atomic mass is 10.2. The number of nitrogens with zero attached hydrogens (tertiary/aromatic N) is 1. The molecule has 0 saturated heterocycles. The average Bonchev–Trinajstić information content (AvgIpc) is 2.94. The Kier molecular flexibility index (Phi) is 4.90. The number of likely N-dealkylation sites (N-methyl/N-ethyl adjacent to an activating group) is 1. The van der Waals surface area contributed by atoms with E-state index in [0.29, 0.717) is 35.9 Å². The Morgan fingerprint density at radius 3 is 2.52 bits per heavy atom. The number of carbonyl (C=O) groups is 1. The Hall–Kier alpha value is -1.95. The molecular formula is C15H21NO5. The number of aliphatic hydroxyl groups excluding tert-OH is 1. The Morgan fingerprint density at radius 2 is 1.95 bits per heavy atom. The maximum absolute atomic E-state index is 12.2. The summed E-state index contributed by atoms with van der Waals surface area (Å²) in [7, 11) is 0. The molecule has 6 nitrogen and oxygen atoms in total. The van der Waals surface area contributed by atoms with Gasteiger partial charge in [0.1, 0.15) is 5.75 Å². The number of fused-ring (bicyclic) bond motifs is 1. The van der Waals surface area contributed by atoms with E-state index in [0.717, 1.165) is 0 Å². The lowest BCUT2D eigenvalue weighted by Gasteiger charge is -2.24. The SMILES string of the molecule is CCN(CC)C(=O)C(C)Oc1cc2c(cc1CO)OCO2. The first-order valence-electron chi connectivity index (χ1n) is 7.09. The van der Waals surface area contributed by atoms with Crippen LogP contribution < -0.4 is 14.2 Å². The topological polar surface area (TPSA) is 68.2 Å². The van der Waals surface area contributed by atoms with Gasteiger partial charge in [0.05, 0.1) is 6.61 Å². The molecule has 2 rings (SSSR count). The average molecular weight is 295 g/mol. The zero-order valence-electron chi connectivity index (χ0n) is 12.6. The van der Waals surface area contributed by atoms with Gasteiger partial charge in [-0.05, 0) is 26.8 Å². The van der Waals surface area contributed by atoms with Crippen molar-refractivity contribution < 1.29 is 24.1 Å². The molecule has 0 saturated carbocycles. The summed E-state index contributed by atoms with van der Waals surface area (Å²) in [6.07, 6.45) is -0.629. The van der Waals surface area contributed by atoms with Crippen molar-refractivity contribution in [1.29, 1.82) is 0 Å². The van der Waals surface area contributed by atoms with E-state index in [1.165, 1.54) is 0 Å². The van der Waals surface area contributed by atoms with E-state index in [1.54, 1.807) is 24.0 Å². The van der Waals surface area contributed by atoms with E-state index < -0.39 is 6.10 Å². The highest BCUT2D eigenvalue weighted by atomic mass is 16.7. The molecule has 0 aromatic heterocycles. The van der Waals surface area contributed by atoms with Crippen molar-refractivity contribution in [3.05, 3.63) is 17.7 Å². The summed E-state index contributed by atoms with van der Waals surface area (Å²) in [6, 6.07) is 3.33. The Balaban J connectivity index is 2.17. The first-order chi connectivity index (χ1) is 10.1. The minimum Gasteiger partial charge on any atom is -0.480 e. The van der Waals surface area contributed by atoms with Crippen LogP contribution in [0.3, 0.4) is 0 Å². The van der Waals surface area contributed by atoms with Crippen LogP contribution in [0.2, 0.25) is 0 Å². The maximum Gasteiger partial charge on any atom is 0.263 e. The second-order valence-corrected chi connectivity index (χ2v) is 4.74. The largest absolute Gasteiger partial charge is 0.480 e. The van der Waals surface area contributed by atoms with E-state index in [-0.39, 0.29) is 19.3 Å². The van der Waals surface area contributed by atoms with Gasteiger partial charge in [0.2, 0.25) is 6.79 Å². The number of rotatable bonds is 6. The van der Waals surface area contributed by atoms with Gasteiger partial charge in [0, 0.05) is 24.7 Å². The minimum atomic E-state index is -0.629. The zero-order chi connectivity index (χ0) is 15.4. The molecule has 1 unspecified atom stereocenters. The molecule has 116 valence electrons. The van der Waals surface area contributed by atoms with Crippen molar-refractivity contribution in [2.75, 3.05) is 19.9 Å². The maximum atomic E-state index is 12.2. The van der Waals surface area contributed by atoms with Crippen LogP contribution in [0.4, 0.5) is 0 Å².